The van der Waals surface area contributed by atoms with Crippen molar-refractivity contribution in [2.24, 2.45) is 0 Å². The lowest BCUT2D eigenvalue weighted by atomic mass is 9.78. The fourth-order valence-corrected chi connectivity index (χ4v) is 3.10. The summed E-state index contributed by atoms with van der Waals surface area (Å²) in [5.74, 6) is 0.580. The molecule has 1 amide bonds. The first-order valence-electron chi connectivity index (χ1n) is 7.05. The molecule has 0 unspecified atom stereocenters. The molecule has 0 heterocycles. The van der Waals surface area contributed by atoms with Crippen molar-refractivity contribution in [3.8, 4) is 0 Å². The number of carbonyl (C=O) groups is 1. The van der Waals surface area contributed by atoms with Gasteiger partial charge < -0.3 is 5.32 Å². The highest BCUT2D eigenvalue weighted by Crippen LogP contribution is 2.32. The van der Waals surface area contributed by atoms with Crippen LogP contribution in [0.15, 0.2) is 42.5 Å². The van der Waals surface area contributed by atoms with Crippen LogP contribution in [0.3, 0.4) is 0 Å². The highest BCUT2D eigenvalue weighted by atomic mass is 35.5. The number of halogens is 1. The van der Waals surface area contributed by atoms with Gasteiger partial charge >= 0.3 is 0 Å². The Balaban J connectivity index is 1.71. The standard InChI is InChI=1S/C17H18ClNO/c18-12-17(8-3-9-17)19-16(20)11-13-6-7-14-4-1-2-5-15(14)10-13/h1-2,4-7,10H,3,8-9,11-12H2,(H,19,20). The minimum atomic E-state index is -0.143. The van der Waals surface area contributed by atoms with Crippen LogP contribution < -0.4 is 5.32 Å². The Bertz CT molecular complexity index is 628. The van der Waals surface area contributed by atoms with Gasteiger partial charge in [-0.1, -0.05) is 42.5 Å². The molecule has 2 aromatic rings. The van der Waals surface area contributed by atoms with Crippen LogP contribution in [-0.4, -0.2) is 17.3 Å². The summed E-state index contributed by atoms with van der Waals surface area (Å²) in [5.41, 5.74) is 0.903. The zero-order chi connectivity index (χ0) is 14.0. The molecule has 0 atom stereocenters. The maximum Gasteiger partial charge on any atom is 0.224 e. The van der Waals surface area contributed by atoms with Crippen LogP contribution in [0.5, 0.6) is 0 Å². The maximum atomic E-state index is 12.1. The first-order chi connectivity index (χ1) is 9.71. The Kier molecular flexibility index (Phi) is 3.66. The molecule has 3 rings (SSSR count). The third kappa shape index (κ3) is 2.66. The predicted molar refractivity (Wildman–Crippen MR) is 83.1 cm³/mol. The molecule has 1 saturated carbocycles. The summed E-state index contributed by atoms with van der Waals surface area (Å²) < 4.78 is 0. The highest BCUT2D eigenvalue weighted by Gasteiger charge is 2.37. The van der Waals surface area contributed by atoms with E-state index in [1.54, 1.807) is 0 Å². The quantitative estimate of drug-likeness (QED) is 0.854. The second kappa shape index (κ2) is 5.45. The second-order valence-electron chi connectivity index (χ2n) is 5.67. The molecule has 0 aliphatic heterocycles. The van der Waals surface area contributed by atoms with E-state index in [1.807, 2.05) is 18.2 Å². The van der Waals surface area contributed by atoms with Crippen molar-refractivity contribution >= 4 is 28.3 Å². The Morgan fingerprint density at radius 3 is 2.55 bits per heavy atom. The summed E-state index contributed by atoms with van der Waals surface area (Å²) in [5, 5.41) is 5.48. The van der Waals surface area contributed by atoms with Crippen LogP contribution in [0.25, 0.3) is 10.8 Å². The van der Waals surface area contributed by atoms with E-state index in [4.69, 9.17) is 11.6 Å². The highest BCUT2D eigenvalue weighted by molar-refractivity contribution is 6.18. The molecule has 0 aromatic heterocycles. The molecule has 3 heteroatoms. The van der Waals surface area contributed by atoms with E-state index in [1.165, 1.54) is 10.8 Å². The lowest BCUT2D eigenvalue weighted by Crippen LogP contribution is -2.55. The van der Waals surface area contributed by atoms with Gasteiger partial charge in [-0.15, -0.1) is 11.6 Å². The zero-order valence-electron chi connectivity index (χ0n) is 11.4. The molecule has 0 saturated heterocycles. The van der Waals surface area contributed by atoms with E-state index >= 15 is 0 Å². The first kappa shape index (κ1) is 13.4. The van der Waals surface area contributed by atoms with Gasteiger partial charge in [0.15, 0.2) is 0 Å². The molecule has 20 heavy (non-hydrogen) atoms. The van der Waals surface area contributed by atoms with Crippen molar-refractivity contribution in [1.29, 1.82) is 0 Å². The van der Waals surface area contributed by atoms with Crippen LogP contribution in [0.2, 0.25) is 0 Å². The number of nitrogens with one attached hydrogen (secondary N) is 1. The number of alkyl halides is 1. The Morgan fingerprint density at radius 2 is 1.90 bits per heavy atom. The zero-order valence-corrected chi connectivity index (χ0v) is 12.1. The molecule has 0 bridgehead atoms. The number of rotatable bonds is 4. The monoisotopic (exact) mass is 287 g/mol. The lowest BCUT2D eigenvalue weighted by Gasteiger charge is -2.41. The van der Waals surface area contributed by atoms with Crippen LogP contribution in [-0.2, 0) is 11.2 Å². The fraction of sp³-hybridized carbons (Fsp3) is 0.353. The summed E-state index contributed by atoms with van der Waals surface area (Å²) in [7, 11) is 0. The van der Waals surface area contributed by atoms with E-state index in [9.17, 15) is 4.79 Å². The maximum absolute atomic E-state index is 12.1. The van der Waals surface area contributed by atoms with Crippen molar-refractivity contribution in [2.45, 2.75) is 31.2 Å². The van der Waals surface area contributed by atoms with Gasteiger partial charge in [0.25, 0.3) is 0 Å². The molecule has 1 fully saturated rings. The Labute approximate surface area is 124 Å². The summed E-state index contributed by atoms with van der Waals surface area (Å²) in [6, 6.07) is 14.4. The molecular weight excluding hydrogens is 270 g/mol. The molecule has 1 aliphatic rings. The van der Waals surface area contributed by atoms with Crippen molar-refractivity contribution in [3.63, 3.8) is 0 Å². The molecule has 1 N–H and O–H groups in total. The van der Waals surface area contributed by atoms with E-state index in [0.29, 0.717) is 12.3 Å². The minimum Gasteiger partial charge on any atom is -0.349 e. The topological polar surface area (TPSA) is 29.1 Å². The molecule has 104 valence electrons. The predicted octanol–water partition coefficient (Wildman–Crippen LogP) is 3.66. The third-order valence-corrected chi connectivity index (χ3v) is 4.66. The number of benzene rings is 2. The van der Waals surface area contributed by atoms with Crippen LogP contribution in [0.1, 0.15) is 24.8 Å². The van der Waals surface area contributed by atoms with Crippen molar-refractivity contribution in [1.82, 2.24) is 5.32 Å². The molecule has 2 aromatic carbocycles. The number of amides is 1. The Morgan fingerprint density at radius 1 is 1.15 bits per heavy atom. The molecule has 1 aliphatic carbocycles. The third-order valence-electron chi connectivity index (χ3n) is 4.15. The van der Waals surface area contributed by atoms with Crippen molar-refractivity contribution in [3.05, 3.63) is 48.0 Å². The normalized spacial score (nSPS) is 16.6. The van der Waals surface area contributed by atoms with E-state index < -0.39 is 0 Å². The summed E-state index contributed by atoms with van der Waals surface area (Å²) in [6.07, 6.45) is 3.58. The minimum absolute atomic E-state index is 0.0700. The van der Waals surface area contributed by atoms with Crippen molar-refractivity contribution in [2.75, 3.05) is 5.88 Å². The number of carbonyl (C=O) groups excluding carboxylic acids is 1. The van der Waals surface area contributed by atoms with Crippen molar-refractivity contribution < 1.29 is 4.79 Å². The number of hydrogen-bond acceptors (Lipinski definition) is 1. The number of hydrogen-bond donors (Lipinski definition) is 1. The van der Waals surface area contributed by atoms with E-state index in [0.717, 1.165) is 24.8 Å². The average molecular weight is 288 g/mol. The summed E-state index contributed by atoms with van der Waals surface area (Å²) in [4.78, 5) is 12.1. The number of fused-ring (bicyclic) bond motifs is 1. The fourth-order valence-electron chi connectivity index (χ4n) is 2.77. The molecule has 0 radical (unpaired) electrons. The smallest absolute Gasteiger partial charge is 0.224 e. The first-order valence-corrected chi connectivity index (χ1v) is 7.59. The lowest BCUT2D eigenvalue weighted by molar-refractivity contribution is -0.123. The summed E-state index contributed by atoms with van der Waals surface area (Å²) >= 11 is 5.97. The van der Waals surface area contributed by atoms with Gasteiger partial charge in [0, 0.05) is 5.88 Å². The van der Waals surface area contributed by atoms with Crippen LogP contribution >= 0.6 is 11.6 Å². The average Bonchev–Trinajstić information content (AvgIpc) is 2.43. The Hall–Kier alpha value is -1.54. The van der Waals surface area contributed by atoms with E-state index in [-0.39, 0.29) is 11.4 Å². The van der Waals surface area contributed by atoms with E-state index in [2.05, 4.69) is 29.6 Å². The van der Waals surface area contributed by atoms with Gasteiger partial charge in [0.05, 0.1) is 12.0 Å². The van der Waals surface area contributed by atoms with Gasteiger partial charge in [-0.2, -0.15) is 0 Å². The van der Waals surface area contributed by atoms with Gasteiger partial charge in [0.1, 0.15) is 0 Å². The largest absolute Gasteiger partial charge is 0.349 e. The molecule has 0 spiro atoms. The van der Waals surface area contributed by atoms with Crippen LogP contribution in [0, 0.1) is 0 Å². The van der Waals surface area contributed by atoms with Crippen LogP contribution in [0.4, 0.5) is 0 Å². The van der Waals surface area contributed by atoms with Gasteiger partial charge in [-0.3, -0.25) is 4.79 Å². The van der Waals surface area contributed by atoms with Gasteiger partial charge in [-0.25, -0.2) is 0 Å². The molecule has 2 nitrogen and oxygen atoms in total. The molecular formula is C17H18ClNO. The van der Waals surface area contributed by atoms with Gasteiger partial charge in [-0.05, 0) is 35.6 Å². The SMILES string of the molecule is O=C(Cc1ccc2ccccc2c1)NC1(CCl)CCC1. The second-order valence-corrected chi connectivity index (χ2v) is 5.94. The van der Waals surface area contributed by atoms with Gasteiger partial charge in [0.2, 0.25) is 5.91 Å². The summed E-state index contributed by atoms with van der Waals surface area (Å²) in [6.45, 7) is 0.